The number of aromatic amines is 1. The van der Waals surface area contributed by atoms with Crippen LogP contribution in [0.3, 0.4) is 0 Å². The Hall–Kier alpha value is -4.14. The van der Waals surface area contributed by atoms with E-state index in [0.717, 1.165) is 44.7 Å². The number of nitrogens with zero attached hydrogens (tertiary/aromatic N) is 3. The van der Waals surface area contributed by atoms with E-state index in [-0.39, 0.29) is 18.4 Å². The standard InChI is InChI=1S/C25H25N5O4/c1-34-17-8-6-16(7-9-17)10-11-26-23(31)13-27-30-15-24(32)29-14-21-19(12-22(29)25(30)33)18-4-2-3-5-20(18)28-21/h2-9,13,22,28H,10-12,14-15H2,1H3,(H,26,31)/b27-13-/t22-/m0/s1. The maximum atomic E-state index is 13.1. The van der Waals surface area contributed by atoms with Crippen molar-refractivity contribution >= 4 is 34.8 Å². The number of ether oxygens (including phenoxy) is 1. The minimum absolute atomic E-state index is 0.180. The summed E-state index contributed by atoms with van der Waals surface area (Å²) < 4.78 is 5.14. The smallest absolute Gasteiger partial charge is 0.266 e. The number of nitrogens with one attached hydrogen (secondary N) is 2. The topological polar surface area (TPSA) is 107 Å². The number of piperazine rings is 1. The molecule has 5 rings (SSSR count). The van der Waals surface area contributed by atoms with Crippen molar-refractivity contribution in [3.8, 4) is 5.75 Å². The van der Waals surface area contributed by atoms with E-state index in [1.54, 1.807) is 12.0 Å². The van der Waals surface area contributed by atoms with E-state index in [9.17, 15) is 14.4 Å². The predicted molar refractivity (Wildman–Crippen MR) is 126 cm³/mol. The molecule has 0 unspecified atom stereocenters. The highest BCUT2D eigenvalue weighted by Crippen LogP contribution is 2.32. The van der Waals surface area contributed by atoms with Gasteiger partial charge in [-0.15, -0.1) is 0 Å². The van der Waals surface area contributed by atoms with Gasteiger partial charge in [0.25, 0.3) is 11.8 Å². The van der Waals surface area contributed by atoms with E-state index in [1.807, 2.05) is 48.5 Å². The summed E-state index contributed by atoms with van der Waals surface area (Å²) in [4.78, 5) is 43.0. The molecule has 9 nitrogen and oxygen atoms in total. The molecule has 174 valence electrons. The van der Waals surface area contributed by atoms with Gasteiger partial charge in [-0.25, -0.2) is 5.01 Å². The van der Waals surface area contributed by atoms with E-state index in [0.29, 0.717) is 25.9 Å². The zero-order valence-corrected chi connectivity index (χ0v) is 18.8. The number of aromatic nitrogens is 1. The lowest BCUT2D eigenvalue weighted by molar-refractivity contribution is -0.157. The number of para-hydroxylation sites is 1. The fraction of sp³-hybridized carbons (Fsp3) is 0.280. The molecule has 2 aliphatic rings. The van der Waals surface area contributed by atoms with Gasteiger partial charge in [0, 0.05) is 29.6 Å². The second-order valence-electron chi connectivity index (χ2n) is 8.40. The van der Waals surface area contributed by atoms with Crippen LogP contribution in [-0.2, 0) is 33.8 Å². The lowest BCUT2D eigenvalue weighted by Crippen LogP contribution is -2.60. The third kappa shape index (κ3) is 4.12. The Bertz CT molecular complexity index is 1280. The van der Waals surface area contributed by atoms with Crippen LogP contribution in [0.5, 0.6) is 5.75 Å². The predicted octanol–water partition coefficient (Wildman–Crippen LogP) is 1.62. The second-order valence-corrected chi connectivity index (χ2v) is 8.40. The molecule has 1 saturated heterocycles. The summed E-state index contributed by atoms with van der Waals surface area (Å²) >= 11 is 0. The Morgan fingerprint density at radius 3 is 2.76 bits per heavy atom. The van der Waals surface area contributed by atoms with E-state index in [1.165, 1.54) is 0 Å². The van der Waals surface area contributed by atoms with Gasteiger partial charge in [0.15, 0.2) is 0 Å². The van der Waals surface area contributed by atoms with Gasteiger partial charge >= 0.3 is 0 Å². The van der Waals surface area contributed by atoms with E-state index in [4.69, 9.17) is 4.74 Å². The number of amides is 3. The molecular weight excluding hydrogens is 434 g/mol. The van der Waals surface area contributed by atoms with Crippen LogP contribution in [0.25, 0.3) is 10.9 Å². The van der Waals surface area contributed by atoms with Crippen LogP contribution in [0.2, 0.25) is 0 Å². The van der Waals surface area contributed by atoms with Crippen LogP contribution in [0.4, 0.5) is 0 Å². The first-order valence-corrected chi connectivity index (χ1v) is 11.2. The Balaban J connectivity index is 1.21. The van der Waals surface area contributed by atoms with Gasteiger partial charge in [-0.3, -0.25) is 14.4 Å². The third-order valence-corrected chi connectivity index (χ3v) is 6.34. The summed E-state index contributed by atoms with van der Waals surface area (Å²) in [5.74, 6) is -0.111. The van der Waals surface area contributed by atoms with Gasteiger partial charge in [0.05, 0.1) is 13.7 Å². The van der Waals surface area contributed by atoms with E-state index >= 15 is 0 Å². The van der Waals surface area contributed by atoms with Crippen LogP contribution in [0.15, 0.2) is 53.6 Å². The minimum Gasteiger partial charge on any atom is -0.497 e. The summed E-state index contributed by atoms with van der Waals surface area (Å²) in [5, 5.41) is 8.96. The van der Waals surface area contributed by atoms with Crippen molar-refractivity contribution in [3.05, 3.63) is 65.4 Å². The maximum absolute atomic E-state index is 13.1. The number of hydrazone groups is 1. The SMILES string of the molecule is COc1ccc(CCNC(=O)/C=N\N2CC(=O)N3Cc4[nH]c5ccccc5c4C[C@H]3C2=O)cc1. The molecule has 34 heavy (non-hydrogen) atoms. The van der Waals surface area contributed by atoms with Crippen molar-refractivity contribution in [1.29, 1.82) is 0 Å². The molecule has 0 bridgehead atoms. The van der Waals surface area contributed by atoms with Crippen LogP contribution in [0.1, 0.15) is 16.8 Å². The molecule has 1 fully saturated rings. The first kappa shape index (κ1) is 21.7. The number of carbonyl (C=O) groups excluding carboxylic acids is 3. The number of methoxy groups -OCH3 is 1. The number of rotatable bonds is 6. The molecule has 1 atom stereocenters. The van der Waals surface area contributed by atoms with Crippen LogP contribution in [-0.4, -0.2) is 65.1 Å². The molecule has 2 aliphatic heterocycles. The van der Waals surface area contributed by atoms with Crippen LogP contribution in [0, 0.1) is 0 Å². The fourth-order valence-corrected chi connectivity index (χ4v) is 4.55. The van der Waals surface area contributed by atoms with Crippen molar-refractivity contribution in [2.75, 3.05) is 20.2 Å². The third-order valence-electron chi connectivity index (χ3n) is 6.34. The van der Waals surface area contributed by atoms with Crippen molar-refractivity contribution in [1.82, 2.24) is 20.2 Å². The number of hydrogen-bond acceptors (Lipinski definition) is 5. The molecule has 0 aliphatic carbocycles. The Labute approximate surface area is 196 Å². The first-order chi connectivity index (χ1) is 16.5. The van der Waals surface area contributed by atoms with Gasteiger partial charge < -0.3 is 19.9 Å². The molecule has 3 amide bonds. The lowest BCUT2D eigenvalue weighted by Gasteiger charge is -2.40. The highest BCUT2D eigenvalue weighted by atomic mass is 16.5. The molecule has 9 heteroatoms. The summed E-state index contributed by atoms with van der Waals surface area (Å²) in [6.45, 7) is 0.604. The molecular formula is C25H25N5O4. The molecule has 1 aromatic heterocycles. The number of H-pyrrole nitrogens is 1. The molecule has 2 aromatic carbocycles. The average Bonchev–Trinajstić information content (AvgIpc) is 3.22. The Morgan fingerprint density at radius 2 is 1.97 bits per heavy atom. The Morgan fingerprint density at radius 1 is 1.18 bits per heavy atom. The molecule has 2 N–H and O–H groups in total. The highest BCUT2D eigenvalue weighted by Gasteiger charge is 2.43. The highest BCUT2D eigenvalue weighted by molar-refractivity contribution is 6.26. The Kier molecular flexibility index (Phi) is 5.75. The summed E-state index contributed by atoms with van der Waals surface area (Å²) in [7, 11) is 1.61. The van der Waals surface area contributed by atoms with Gasteiger partial charge in [-0.1, -0.05) is 30.3 Å². The molecule has 0 radical (unpaired) electrons. The summed E-state index contributed by atoms with van der Waals surface area (Å²) in [6.07, 6.45) is 2.13. The van der Waals surface area contributed by atoms with E-state index < -0.39 is 11.9 Å². The zero-order valence-electron chi connectivity index (χ0n) is 18.8. The van der Waals surface area contributed by atoms with Gasteiger partial charge in [-0.05, 0) is 35.7 Å². The largest absolute Gasteiger partial charge is 0.497 e. The minimum atomic E-state index is -0.622. The van der Waals surface area contributed by atoms with Gasteiger partial charge in [-0.2, -0.15) is 5.10 Å². The normalized spacial score (nSPS) is 17.7. The van der Waals surface area contributed by atoms with Gasteiger partial charge in [0.1, 0.15) is 24.6 Å². The van der Waals surface area contributed by atoms with Crippen molar-refractivity contribution in [3.63, 3.8) is 0 Å². The molecule has 3 aromatic rings. The number of carbonyl (C=O) groups is 3. The van der Waals surface area contributed by atoms with E-state index in [2.05, 4.69) is 15.4 Å². The monoisotopic (exact) mass is 459 g/mol. The lowest BCUT2D eigenvalue weighted by atomic mass is 9.94. The van der Waals surface area contributed by atoms with Crippen molar-refractivity contribution in [2.45, 2.75) is 25.4 Å². The second kappa shape index (κ2) is 9.01. The summed E-state index contributed by atoms with van der Waals surface area (Å²) in [5.41, 5.74) is 4.07. The van der Waals surface area contributed by atoms with Crippen LogP contribution >= 0.6 is 0 Å². The molecule has 3 heterocycles. The average molecular weight is 460 g/mol. The maximum Gasteiger partial charge on any atom is 0.266 e. The fourth-order valence-electron chi connectivity index (χ4n) is 4.55. The zero-order chi connectivity index (χ0) is 23.7. The quantitative estimate of drug-likeness (QED) is 0.546. The number of benzene rings is 2. The molecule has 0 spiro atoms. The number of fused-ring (bicyclic) bond motifs is 4. The van der Waals surface area contributed by atoms with Crippen LogP contribution < -0.4 is 10.1 Å². The first-order valence-electron chi connectivity index (χ1n) is 11.2. The molecule has 0 saturated carbocycles. The van der Waals surface area contributed by atoms with Crippen molar-refractivity contribution in [2.24, 2.45) is 5.10 Å². The summed E-state index contributed by atoms with van der Waals surface area (Å²) in [6, 6.07) is 14.9. The van der Waals surface area contributed by atoms with Gasteiger partial charge in [0.2, 0.25) is 5.91 Å². The van der Waals surface area contributed by atoms with Crippen molar-refractivity contribution < 1.29 is 19.1 Å². The number of hydrogen-bond donors (Lipinski definition) is 2.